The van der Waals surface area contributed by atoms with Crippen molar-refractivity contribution in [3.05, 3.63) is 84.2 Å². The maximum absolute atomic E-state index is 14.5. The van der Waals surface area contributed by atoms with Crippen molar-refractivity contribution in [3.63, 3.8) is 0 Å². The van der Waals surface area contributed by atoms with Crippen molar-refractivity contribution in [2.75, 3.05) is 20.3 Å². The molecule has 5 nitrogen and oxygen atoms in total. The molecule has 2 unspecified atom stereocenters. The van der Waals surface area contributed by atoms with Crippen molar-refractivity contribution in [1.82, 2.24) is 19.8 Å². The Morgan fingerprint density at radius 1 is 1.14 bits per heavy atom. The smallest absolute Gasteiger partial charge is 0.170 e. The normalized spacial score (nSPS) is 19.1. The van der Waals surface area contributed by atoms with Gasteiger partial charge in [0.1, 0.15) is 5.82 Å². The first-order valence-electron chi connectivity index (χ1n) is 9.10. The second kappa shape index (κ2) is 8.08. The Kier molecular flexibility index (Phi) is 5.36. The quantitative estimate of drug-likeness (QED) is 0.645. The van der Waals surface area contributed by atoms with Crippen molar-refractivity contribution in [3.8, 4) is 5.69 Å². The molecular weight excluding hydrogens is 375 g/mol. The van der Waals surface area contributed by atoms with Crippen LogP contribution in [0, 0.1) is 5.82 Å². The molecule has 0 saturated carbocycles. The van der Waals surface area contributed by atoms with E-state index in [1.165, 1.54) is 6.07 Å². The van der Waals surface area contributed by atoms with E-state index in [2.05, 4.69) is 15.2 Å². The van der Waals surface area contributed by atoms with Gasteiger partial charge in [0.05, 0.1) is 30.1 Å². The first-order chi connectivity index (χ1) is 13.7. The van der Waals surface area contributed by atoms with E-state index in [-0.39, 0.29) is 17.9 Å². The second-order valence-electron chi connectivity index (χ2n) is 6.57. The van der Waals surface area contributed by atoms with E-state index in [0.29, 0.717) is 24.0 Å². The minimum Gasteiger partial charge on any atom is -0.383 e. The Hall–Kier alpha value is -2.77. The zero-order valence-electron chi connectivity index (χ0n) is 15.5. The number of nitrogens with one attached hydrogen (secondary N) is 1. The van der Waals surface area contributed by atoms with E-state index >= 15 is 0 Å². The minimum atomic E-state index is -0.272. The van der Waals surface area contributed by atoms with Crippen LogP contribution in [0.1, 0.15) is 23.5 Å². The lowest BCUT2D eigenvalue weighted by Gasteiger charge is -2.28. The molecule has 2 atom stereocenters. The van der Waals surface area contributed by atoms with E-state index in [4.69, 9.17) is 17.0 Å². The third-order valence-corrected chi connectivity index (χ3v) is 5.28. The van der Waals surface area contributed by atoms with E-state index in [9.17, 15) is 4.39 Å². The monoisotopic (exact) mass is 396 g/mol. The minimum absolute atomic E-state index is 0.146. The Morgan fingerprint density at radius 3 is 2.71 bits per heavy atom. The molecule has 4 rings (SSSR count). The number of aromatic nitrogens is 2. The molecule has 3 aromatic rings. The number of para-hydroxylation sites is 1. The third-order valence-electron chi connectivity index (χ3n) is 4.93. The highest BCUT2D eigenvalue weighted by Gasteiger charge is 2.41. The fraction of sp³-hybridized carbons (Fsp3) is 0.238. The summed E-state index contributed by atoms with van der Waals surface area (Å²) in [6, 6.07) is 16.2. The number of nitrogens with zero attached hydrogens (tertiary/aromatic N) is 3. The first-order valence-corrected chi connectivity index (χ1v) is 9.50. The van der Waals surface area contributed by atoms with Crippen molar-refractivity contribution >= 4 is 17.3 Å². The number of rotatable bonds is 6. The fourth-order valence-corrected chi connectivity index (χ4v) is 3.99. The summed E-state index contributed by atoms with van der Waals surface area (Å²) in [7, 11) is 1.67. The summed E-state index contributed by atoms with van der Waals surface area (Å²) < 4.78 is 21.7. The van der Waals surface area contributed by atoms with Gasteiger partial charge in [0.25, 0.3) is 0 Å². The summed E-state index contributed by atoms with van der Waals surface area (Å²) in [4.78, 5) is 6.61. The van der Waals surface area contributed by atoms with Crippen LogP contribution in [0.4, 0.5) is 4.39 Å². The van der Waals surface area contributed by atoms with E-state index in [1.54, 1.807) is 25.4 Å². The van der Waals surface area contributed by atoms with E-state index in [0.717, 1.165) is 11.4 Å². The lowest BCUT2D eigenvalue weighted by Crippen LogP contribution is -2.33. The fourth-order valence-electron chi connectivity index (χ4n) is 3.66. The summed E-state index contributed by atoms with van der Waals surface area (Å²) in [5.74, 6) is -0.272. The van der Waals surface area contributed by atoms with Gasteiger partial charge in [0.2, 0.25) is 0 Å². The summed E-state index contributed by atoms with van der Waals surface area (Å²) in [6.45, 7) is 1.16. The van der Waals surface area contributed by atoms with Gasteiger partial charge in [-0.05, 0) is 48.6 Å². The van der Waals surface area contributed by atoms with Crippen LogP contribution in [0.15, 0.2) is 67.0 Å². The van der Waals surface area contributed by atoms with Crippen LogP contribution in [-0.4, -0.2) is 39.8 Å². The van der Waals surface area contributed by atoms with Crippen molar-refractivity contribution in [2.45, 2.75) is 12.1 Å². The number of ether oxygens (including phenoxy) is 1. The third kappa shape index (κ3) is 3.39. The van der Waals surface area contributed by atoms with E-state index in [1.807, 2.05) is 47.2 Å². The summed E-state index contributed by atoms with van der Waals surface area (Å²) in [6.07, 6.45) is 3.64. The molecule has 2 aromatic heterocycles. The molecule has 7 heteroatoms. The molecule has 0 radical (unpaired) electrons. The number of halogens is 1. The molecule has 1 aliphatic heterocycles. The largest absolute Gasteiger partial charge is 0.383 e. The number of hydrogen-bond acceptors (Lipinski definition) is 3. The summed E-state index contributed by atoms with van der Waals surface area (Å²) in [5, 5.41) is 4.03. The van der Waals surface area contributed by atoms with Gasteiger partial charge < -0.3 is 19.5 Å². The van der Waals surface area contributed by atoms with Gasteiger partial charge >= 0.3 is 0 Å². The molecule has 1 fully saturated rings. The molecule has 0 spiro atoms. The summed E-state index contributed by atoms with van der Waals surface area (Å²) >= 11 is 5.62. The van der Waals surface area contributed by atoms with Gasteiger partial charge in [-0.15, -0.1) is 0 Å². The van der Waals surface area contributed by atoms with Gasteiger partial charge in [0, 0.05) is 31.7 Å². The average molecular weight is 396 g/mol. The van der Waals surface area contributed by atoms with Crippen LogP contribution in [0.3, 0.4) is 0 Å². The molecule has 1 N–H and O–H groups in total. The molecule has 0 aliphatic carbocycles. The van der Waals surface area contributed by atoms with Gasteiger partial charge in [-0.3, -0.25) is 4.98 Å². The van der Waals surface area contributed by atoms with Crippen LogP contribution in [-0.2, 0) is 4.74 Å². The first kappa shape index (κ1) is 18.6. The Bertz CT molecular complexity index is 962. The Morgan fingerprint density at radius 2 is 1.96 bits per heavy atom. The Balaban J connectivity index is 1.81. The number of pyridine rings is 1. The highest BCUT2D eigenvalue weighted by atomic mass is 32.1. The second-order valence-corrected chi connectivity index (χ2v) is 6.95. The molecular formula is C21H21FN4OS. The van der Waals surface area contributed by atoms with Crippen LogP contribution < -0.4 is 5.32 Å². The highest BCUT2D eigenvalue weighted by molar-refractivity contribution is 7.80. The van der Waals surface area contributed by atoms with Gasteiger partial charge in [-0.1, -0.05) is 18.2 Å². The van der Waals surface area contributed by atoms with Crippen LogP contribution >= 0.6 is 12.2 Å². The Labute approximate surface area is 168 Å². The maximum Gasteiger partial charge on any atom is 0.170 e. The van der Waals surface area contributed by atoms with Crippen molar-refractivity contribution < 1.29 is 9.13 Å². The van der Waals surface area contributed by atoms with Gasteiger partial charge in [-0.25, -0.2) is 4.39 Å². The average Bonchev–Trinajstić information content (AvgIpc) is 3.31. The number of benzene rings is 1. The standard InChI is InChI=1S/C21H21FN4OS/c1-27-14-13-26-20(19(24-21(26)28)16-8-4-5-11-23-16)18-10-6-12-25(18)17-9-3-2-7-15(17)22/h2-12,19-20H,13-14H2,1H3,(H,24,28). The molecule has 1 aromatic carbocycles. The lowest BCUT2D eigenvalue weighted by molar-refractivity contribution is 0.163. The van der Waals surface area contributed by atoms with Gasteiger partial charge in [0.15, 0.2) is 5.11 Å². The van der Waals surface area contributed by atoms with Crippen LogP contribution in [0.5, 0.6) is 0 Å². The van der Waals surface area contributed by atoms with Crippen molar-refractivity contribution in [1.29, 1.82) is 0 Å². The number of methoxy groups -OCH3 is 1. The zero-order chi connectivity index (χ0) is 19.5. The predicted molar refractivity (Wildman–Crippen MR) is 110 cm³/mol. The SMILES string of the molecule is COCCN1C(=S)NC(c2ccccn2)C1c1cccn1-c1ccccc1F. The topological polar surface area (TPSA) is 42.3 Å². The number of thiocarbonyl (C=S) groups is 1. The lowest BCUT2D eigenvalue weighted by atomic mass is 10.0. The highest BCUT2D eigenvalue weighted by Crippen LogP contribution is 2.39. The van der Waals surface area contributed by atoms with E-state index < -0.39 is 0 Å². The molecule has 1 saturated heterocycles. The van der Waals surface area contributed by atoms with Crippen LogP contribution in [0.25, 0.3) is 5.69 Å². The van der Waals surface area contributed by atoms with Crippen molar-refractivity contribution in [2.24, 2.45) is 0 Å². The molecule has 0 amide bonds. The zero-order valence-corrected chi connectivity index (χ0v) is 16.3. The molecule has 144 valence electrons. The summed E-state index contributed by atoms with van der Waals surface area (Å²) in [5.41, 5.74) is 2.33. The number of hydrogen-bond donors (Lipinski definition) is 1. The molecule has 28 heavy (non-hydrogen) atoms. The van der Waals surface area contributed by atoms with Crippen LogP contribution in [0.2, 0.25) is 0 Å². The predicted octanol–water partition coefficient (Wildman–Crippen LogP) is 3.63. The van der Waals surface area contributed by atoms with Gasteiger partial charge in [-0.2, -0.15) is 0 Å². The maximum atomic E-state index is 14.5. The molecule has 3 heterocycles. The molecule has 0 bridgehead atoms. The molecule has 1 aliphatic rings.